The van der Waals surface area contributed by atoms with Crippen molar-refractivity contribution in [3.8, 4) is 0 Å². The maximum atomic E-state index is 12.5. The van der Waals surface area contributed by atoms with E-state index in [9.17, 15) is 4.79 Å². The Kier molecular flexibility index (Phi) is 5.16. The fourth-order valence-electron chi connectivity index (χ4n) is 3.55. The fourth-order valence-corrected chi connectivity index (χ4v) is 3.55. The Morgan fingerprint density at radius 1 is 0.920 bits per heavy atom. The molecule has 0 unspecified atom stereocenters. The average Bonchev–Trinajstić information content (AvgIpc) is 2.61. The molecule has 2 fully saturated rings. The minimum Gasteiger partial charge on any atom is -0.353 e. The van der Waals surface area contributed by atoms with Crippen LogP contribution >= 0.6 is 0 Å². The lowest BCUT2D eigenvalue weighted by molar-refractivity contribution is -0.139. The zero-order valence-corrected chi connectivity index (χ0v) is 16.1. The van der Waals surface area contributed by atoms with Gasteiger partial charge in [-0.15, -0.1) is 0 Å². The van der Waals surface area contributed by atoms with Gasteiger partial charge in [0.25, 0.3) is 0 Å². The summed E-state index contributed by atoms with van der Waals surface area (Å²) in [6.07, 6.45) is 3.75. The Labute approximate surface area is 151 Å². The highest BCUT2D eigenvalue weighted by molar-refractivity contribution is 5.81. The number of piperidine rings is 1. The Morgan fingerprint density at radius 2 is 1.56 bits per heavy atom. The zero-order chi connectivity index (χ0) is 18.0. The molecule has 2 aliphatic rings. The number of hydrogen-bond donors (Lipinski definition) is 0. The van der Waals surface area contributed by atoms with Gasteiger partial charge in [0.1, 0.15) is 5.82 Å². The van der Waals surface area contributed by atoms with Gasteiger partial charge in [0.05, 0.1) is 0 Å². The molecule has 6 nitrogen and oxygen atoms in total. The Balaban J connectivity index is 1.69. The maximum Gasteiger partial charge on any atom is 0.228 e. The van der Waals surface area contributed by atoms with Crippen LogP contribution < -0.4 is 9.80 Å². The summed E-state index contributed by atoms with van der Waals surface area (Å²) in [4.78, 5) is 28.5. The number of aromatic nitrogens is 2. The van der Waals surface area contributed by atoms with E-state index in [0.29, 0.717) is 0 Å². The second-order valence-electron chi connectivity index (χ2n) is 8.24. The fraction of sp³-hybridized carbons (Fsp3) is 0.737. The number of rotatable bonds is 2. The van der Waals surface area contributed by atoms with Crippen molar-refractivity contribution >= 4 is 17.7 Å². The number of hydrogen-bond acceptors (Lipinski definition) is 5. The summed E-state index contributed by atoms with van der Waals surface area (Å²) in [6, 6.07) is 2.06. The van der Waals surface area contributed by atoms with Gasteiger partial charge < -0.3 is 14.7 Å². The Morgan fingerprint density at radius 3 is 2.16 bits per heavy atom. The normalized spacial score (nSPS) is 19.3. The first-order chi connectivity index (χ1) is 11.8. The molecule has 25 heavy (non-hydrogen) atoms. The van der Waals surface area contributed by atoms with Gasteiger partial charge in [-0.3, -0.25) is 4.79 Å². The largest absolute Gasteiger partial charge is 0.353 e. The summed E-state index contributed by atoms with van der Waals surface area (Å²) in [5.74, 6) is 2.10. The van der Waals surface area contributed by atoms with Crippen LogP contribution in [-0.4, -0.2) is 60.0 Å². The molecule has 2 aliphatic heterocycles. The summed E-state index contributed by atoms with van der Waals surface area (Å²) >= 11 is 0. The summed E-state index contributed by atoms with van der Waals surface area (Å²) < 4.78 is 0. The number of carbonyl (C=O) groups is 1. The molecular weight excluding hydrogens is 314 g/mol. The van der Waals surface area contributed by atoms with Crippen molar-refractivity contribution in [2.24, 2.45) is 5.41 Å². The molecule has 2 saturated heterocycles. The number of aryl methyl sites for hydroxylation is 1. The molecule has 0 spiro atoms. The van der Waals surface area contributed by atoms with E-state index in [1.54, 1.807) is 0 Å². The SMILES string of the molecule is Cc1cc(N2CCN(C(=O)C(C)(C)C)CC2)nc(N2CCCCC2)n1. The number of amides is 1. The molecule has 0 saturated carbocycles. The summed E-state index contributed by atoms with van der Waals surface area (Å²) in [5, 5.41) is 0. The number of nitrogens with zero attached hydrogens (tertiary/aromatic N) is 5. The first-order valence-corrected chi connectivity index (χ1v) is 9.49. The van der Waals surface area contributed by atoms with Crippen LogP contribution in [0.5, 0.6) is 0 Å². The van der Waals surface area contributed by atoms with Gasteiger partial charge in [-0.2, -0.15) is 4.98 Å². The Bertz CT molecular complexity index is 611. The van der Waals surface area contributed by atoms with Crippen LogP contribution in [0, 0.1) is 12.3 Å². The number of anilines is 2. The van der Waals surface area contributed by atoms with Gasteiger partial charge in [0, 0.05) is 56.4 Å². The van der Waals surface area contributed by atoms with Crippen molar-refractivity contribution in [2.75, 3.05) is 49.1 Å². The first-order valence-electron chi connectivity index (χ1n) is 9.49. The highest BCUT2D eigenvalue weighted by atomic mass is 16.2. The van der Waals surface area contributed by atoms with Crippen molar-refractivity contribution in [1.82, 2.24) is 14.9 Å². The highest BCUT2D eigenvalue weighted by Crippen LogP contribution is 2.23. The van der Waals surface area contributed by atoms with E-state index in [4.69, 9.17) is 4.98 Å². The molecule has 1 aromatic heterocycles. The number of piperazine rings is 1. The molecule has 6 heteroatoms. The van der Waals surface area contributed by atoms with Crippen molar-refractivity contribution < 1.29 is 4.79 Å². The van der Waals surface area contributed by atoms with E-state index in [0.717, 1.165) is 56.7 Å². The van der Waals surface area contributed by atoms with E-state index in [1.165, 1.54) is 19.3 Å². The molecule has 0 bridgehead atoms. The van der Waals surface area contributed by atoms with Crippen molar-refractivity contribution in [1.29, 1.82) is 0 Å². The summed E-state index contributed by atoms with van der Waals surface area (Å²) in [5.41, 5.74) is 0.702. The molecule has 0 atom stereocenters. The summed E-state index contributed by atoms with van der Waals surface area (Å²) in [7, 11) is 0. The first kappa shape index (κ1) is 18.0. The molecular formula is C19H31N5O. The van der Waals surface area contributed by atoms with Gasteiger partial charge in [-0.05, 0) is 26.2 Å². The molecule has 3 rings (SSSR count). The summed E-state index contributed by atoms with van der Waals surface area (Å²) in [6.45, 7) is 13.3. The van der Waals surface area contributed by atoms with Crippen LogP contribution in [0.15, 0.2) is 6.07 Å². The Hall–Kier alpha value is -1.85. The average molecular weight is 345 g/mol. The monoisotopic (exact) mass is 345 g/mol. The van der Waals surface area contributed by atoms with Crippen molar-refractivity contribution in [3.05, 3.63) is 11.8 Å². The molecule has 3 heterocycles. The van der Waals surface area contributed by atoms with Crippen LogP contribution in [0.1, 0.15) is 45.7 Å². The van der Waals surface area contributed by atoms with Gasteiger partial charge in [0.2, 0.25) is 11.9 Å². The lowest BCUT2D eigenvalue weighted by Gasteiger charge is -2.38. The van der Waals surface area contributed by atoms with E-state index in [-0.39, 0.29) is 11.3 Å². The van der Waals surface area contributed by atoms with Gasteiger partial charge in [-0.1, -0.05) is 20.8 Å². The van der Waals surface area contributed by atoms with E-state index in [2.05, 4.69) is 20.9 Å². The van der Waals surface area contributed by atoms with E-state index < -0.39 is 0 Å². The smallest absolute Gasteiger partial charge is 0.228 e. The molecule has 138 valence electrons. The number of carbonyl (C=O) groups excluding carboxylic acids is 1. The predicted octanol–water partition coefficient (Wildman–Crippen LogP) is 2.47. The predicted molar refractivity (Wildman–Crippen MR) is 101 cm³/mol. The lowest BCUT2D eigenvalue weighted by atomic mass is 9.94. The lowest BCUT2D eigenvalue weighted by Crippen LogP contribution is -2.52. The van der Waals surface area contributed by atoms with Gasteiger partial charge >= 0.3 is 0 Å². The molecule has 0 aliphatic carbocycles. The van der Waals surface area contributed by atoms with E-state index >= 15 is 0 Å². The molecule has 0 radical (unpaired) electrons. The molecule has 1 amide bonds. The third kappa shape index (κ3) is 4.22. The zero-order valence-electron chi connectivity index (χ0n) is 16.1. The minimum absolute atomic E-state index is 0.236. The molecule has 1 aromatic rings. The minimum atomic E-state index is -0.310. The van der Waals surface area contributed by atoms with Crippen molar-refractivity contribution in [2.45, 2.75) is 47.0 Å². The van der Waals surface area contributed by atoms with Gasteiger partial charge in [0.15, 0.2) is 0 Å². The second-order valence-corrected chi connectivity index (χ2v) is 8.24. The molecule has 0 N–H and O–H groups in total. The van der Waals surface area contributed by atoms with Gasteiger partial charge in [-0.25, -0.2) is 4.98 Å². The topological polar surface area (TPSA) is 52.6 Å². The third-order valence-corrected chi connectivity index (χ3v) is 5.00. The van der Waals surface area contributed by atoms with Crippen LogP contribution in [0.4, 0.5) is 11.8 Å². The second kappa shape index (κ2) is 7.18. The van der Waals surface area contributed by atoms with E-state index in [1.807, 2.05) is 32.6 Å². The highest BCUT2D eigenvalue weighted by Gasteiger charge is 2.30. The van der Waals surface area contributed by atoms with Crippen LogP contribution in [-0.2, 0) is 4.79 Å². The van der Waals surface area contributed by atoms with Crippen LogP contribution in [0.25, 0.3) is 0 Å². The van der Waals surface area contributed by atoms with Crippen LogP contribution in [0.3, 0.4) is 0 Å². The van der Waals surface area contributed by atoms with Crippen molar-refractivity contribution in [3.63, 3.8) is 0 Å². The third-order valence-electron chi connectivity index (χ3n) is 5.00. The van der Waals surface area contributed by atoms with Crippen LogP contribution in [0.2, 0.25) is 0 Å². The maximum absolute atomic E-state index is 12.5. The molecule has 0 aromatic carbocycles. The quantitative estimate of drug-likeness (QED) is 0.824. The standard InChI is InChI=1S/C19H31N5O/c1-15-14-16(21-18(20-15)24-8-6-5-7-9-24)22-10-12-23(13-11-22)17(25)19(2,3)4/h14H,5-13H2,1-4H3.